The Morgan fingerprint density at radius 1 is 1.39 bits per heavy atom. The zero-order chi connectivity index (χ0) is 12.5. The molecule has 96 valence electrons. The highest BCUT2D eigenvalue weighted by Crippen LogP contribution is 2.34. The summed E-state index contributed by atoms with van der Waals surface area (Å²) in [6.07, 6.45) is 5.57. The number of rotatable bonds is 4. The van der Waals surface area contributed by atoms with Crippen LogP contribution in [-0.4, -0.2) is 16.5 Å². The molecular weight excluding hydrogens is 377 g/mol. The maximum absolute atomic E-state index is 4.82. The highest BCUT2D eigenvalue weighted by molar-refractivity contribution is 14.1. The lowest BCUT2D eigenvalue weighted by Crippen LogP contribution is -2.21. The molecule has 0 fully saturated rings. The summed E-state index contributed by atoms with van der Waals surface area (Å²) in [4.78, 5) is 10.8. The van der Waals surface area contributed by atoms with Gasteiger partial charge in [-0.1, -0.05) is 6.92 Å². The van der Waals surface area contributed by atoms with Gasteiger partial charge < -0.3 is 5.32 Å². The van der Waals surface area contributed by atoms with Gasteiger partial charge >= 0.3 is 0 Å². The first-order valence-electron chi connectivity index (χ1n) is 6.11. The van der Waals surface area contributed by atoms with E-state index in [1.54, 1.807) is 11.3 Å². The molecule has 3 rings (SSSR count). The molecule has 6 heteroatoms. The Morgan fingerprint density at radius 2 is 2.28 bits per heavy atom. The zero-order valence-corrected chi connectivity index (χ0v) is 13.9. The Bertz CT molecular complexity index is 528. The van der Waals surface area contributed by atoms with Gasteiger partial charge in [0, 0.05) is 4.88 Å². The Balaban J connectivity index is 1.93. The molecule has 0 saturated heterocycles. The average molecular weight is 391 g/mol. The number of nitrogens with zero attached hydrogens (tertiary/aromatic N) is 2. The lowest BCUT2D eigenvalue weighted by atomic mass is 10.3. The number of nitrogens with one attached hydrogen (secondary N) is 1. The Hall–Kier alpha value is -0.0500. The van der Waals surface area contributed by atoms with Crippen molar-refractivity contribution in [3.8, 4) is 0 Å². The van der Waals surface area contributed by atoms with Crippen LogP contribution in [0.2, 0.25) is 0 Å². The number of hydrogen-bond acceptors (Lipinski definition) is 5. The van der Waals surface area contributed by atoms with Crippen molar-refractivity contribution in [2.45, 2.75) is 32.2 Å². The van der Waals surface area contributed by atoms with Crippen LogP contribution in [0.25, 0.3) is 0 Å². The van der Waals surface area contributed by atoms with Crippen LogP contribution in [0.5, 0.6) is 0 Å². The molecule has 0 spiro atoms. The number of aryl methyl sites for hydroxylation is 2. The zero-order valence-electron chi connectivity index (χ0n) is 10.1. The number of fused-ring (bicyclic) bond motifs is 1. The molecule has 3 nitrogen and oxygen atoms in total. The van der Waals surface area contributed by atoms with E-state index in [2.05, 4.69) is 39.8 Å². The number of thiazole rings is 2. The molecule has 1 aliphatic rings. The van der Waals surface area contributed by atoms with Crippen LogP contribution in [0.1, 0.15) is 40.0 Å². The summed E-state index contributed by atoms with van der Waals surface area (Å²) in [5.41, 5.74) is 1.32. The number of halogens is 1. The van der Waals surface area contributed by atoms with Crippen LogP contribution in [0.15, 0.2) is 6.20 Å². The second kappa shape index (κ2) is 5.52. The predicted octanol–water partition coefficient (Wildman–Crippen LogP) is 3.39. The summed E-state index contributed by atoms with van der Waals surface area (Å²) in [6.45, 7) is 3.07. The van der Waals surface area contributed by atoms with E-state index in [-0.39, 0.29) is 6.04 Å². The highest BCUT2D eigenvalue weighted by Gasteiger charge is 2.24. The maximum atomic E-state index is 4.82. The van der Waals surface area contributed by atoms with Gasteiger partial charge in [0.1, 0.15) is 16.1 Å². The standard InChI is InChI=1S/C12H14IN3S2/c1-2-14-10(11-15-6-9(13)18-11)12-16-7-4-3-5-8(7)17-12/h6,10,14H,2-5H2,1H3. The molecule has 0 radical (unpaired) electrons. The van der Waals surface area contributed by atoms with Crippen molar-refractivity contribution in [2.24, 2.45) is 0 Å². The molecular formula is C12H14IN3S2. The van der Waals surface area contributed by atoms with E-state index in [1.807, 2.05) is 17.5 Å². The van der Waals surface area contributed by atoms with Crippen LogP contribution < -0.4 is 5.32 Å². The first-order valence-corrected chi connectivity index (χ1v) is 8.82. The summed E-state index contributed by atoms with van der Waals surface area (Å²) in [5.74, 6) is 0. The minimum absolute atomic E-state index is 0.180. The second-order valence-electron chi connectivity index (χ2n) is 4.27. The molecule has 1 unspecified atom stereocenters. The molecule has 0 aliphatic heterocycles. The van der Waals surface area contributed by atoms with E-state index in [9.17, 15) is 0 Å². The van der Waals surface area contributed by atoms with Gasteiger partial charge in [0.05, 0.1) is 14.8 Å². The molecule has 1 atom stereocenters. The van der Waals surface area contributed by atoms with Crippen LogP contribution >= 0.6 is 45.3 Å². The Morgan fingerprint density at radius 3 is 2.94 bits per heavy atom. The molecule has 0 amide bonds. The van der Waals surface area contributed by atoms with Crippen molar-refractivity contribution in [1.82, 2.24) is 15.3 Å². The Kier molecular flexibility index (Phi) is 3.97. The van der Waals surface area contributed by atoms with Crippen molar-refractivity contribution < 1.29 is 0 Å². The van der Waals surface area contributed by atoms with Gasteiger partial charge in [-0.05, 0) is 48.4 Å². The molecule has 2 heterocycles. The van der Waals surface area contributed by atoms with Crippen molar-refractivity contribution in [1.29, 1.82) is 0 Å². The van der Waals surface area contributed by atoms with E-state index >= 15 is 0 Å². The van der Waals surface area contributed by atoms with E-state index in [1.165, 1.54) is 31.3 Å². The minimum atomic E-state index is 0.180. The monoisotopic (exact) mass is 391 g/mol. The first kappa shape index (κ1) is 13.0. The van der Waals surface area contributed by atoms with Crippen LogP contribution in [0.4, 0.5) is 0 Å². The van der Waals surface area contributed by atoms with Gasteiger partial charge in [-0.15, -0.1) is 22.7 Å². The lowest BCUT2D eigenvalue weighted by Gasteiger charge is -2.12. The molecule has 2 aromatic heterocycles. The lowest BCUT2D eigenvalue weighted by molar-refractivity contribution is 0.621. The molecule has 18 heavy (non-hydrogen) atoms. The number of hydrogen-bond donors (Lipinski definition) is 1. The first-order chi connectivity index (χ1) is 8.78. The molecule has 0 saturated carbocycles. The quantitative estimate of drug-likeness (QED) is 0.812. The van der Waals surface area contributed by atoms with E-state index in [4.69, 9.17) is 4.98 Å². The van der Waals surface area contributed by atoms with Gasteiger partial charge in [-0.25, -0.2) is 9.97 Å². The third-order valence-electron chi connectivity index (χ3n) is 3.01. The fraction of sp³-hybridized carbons (Fsp3) is 0.500. The normalized spacial score (nSPS) is 15.9. The van der Waals surface area contributed by atoms with Crippen LogP contribution in [0.3, 0.4) is 0 Å². The van der Waals surface area contributed by atoms with Crippen molar-refractivity contribution in [3.05, 3.63) is 29.7 Å². The van der Waals surface area contributed by atoms with Crippen LogP contribution in [-0.2, 0) is 12.8 Å². The smallest absolute Gasteiger partial charge is 0.118 e. The average Bonchev–Trinajstić information content (AvgIpc) is 3.00. The van der Waals surface area contributed by atoms with E-state index < -0.39 is 0 Å². The summed E-state index contributed by atoms with van der Waals surface area (Å²) < 4.78 is 1.23. The summed E-state index contributed by atoms with van der Waals surface area (Å²) in [7, 11) is 0. The Labute approximate surface area is 128 Å². The number of aromatic nitrogens is 2. The summed E-state index contributed by atoms with van der Waals surface area (Å²) in [5, 5.41) is 5.83. The molecule has 1 N–H and O–H groups in total. The fourth-order valence-electron chi connectivity index (χ4n) is 2.22. The molecule has 0 aromatic carbocycles. The maximum Gasteiger partial charge on any atom is 0.118 e. The van der Waals surface area contributed by atoms with Crippen LogP contribution in [0, 0.1) is 2.88 Å². The minimum Gasteiger partial charge on any atom is -0.303 e. The van der Waals surface area contributed by atoms with Gasteiger partial charge in [0.15, 0.2) is 0 Å². The van der Waals surface area contributed by atoms with Crippen molar-refractivity contribution in [2.75, 3.05) is 6.54 Å². The fourth-order valence-corrected chi connectivity index (χ4v) is 5.07. The van der Waals surface area contributed by atoms with E-state index in [0.29, 0.717) is 0 Å². The summed E-state index contributed by atoms with van der Waals surface area (Å²) >= 11 is 5.94. The molecule has 1 aliphatic carbocycles. The predicted molar refractivity (Wildman–Crippen MR) is 84.5 cm³/mol. The van der Waals surface area contributed by atoms with Gasteiger partial charge in [0.2, 0.25) is 0 Å². The van der Waals surface area contributed by atoms with Gasteiger partial charge in [-0.2, -0.15) is 0 Å². The molecule has 0 bridgehead atoms. The molecule has 2 aromatic rings. The van der Waals surface area contributed by atoms with Gasteiger partial charge in [0.25, 0.3) is 0 Å². The summed E-state index contributed by atoms with van der Waals surface area (Å²) in [6, 6.07) is 0.180. The van der Waals surface area contributed by atoms with Gasteiger partial charge in [-0.3, -0.25) is 0 Å². The third-order valence-corrected chi connectivity index (χ3v) is 6.02. The third kappa shape index (κ3) is 2.48. The SMILES string of the molecule is CCNC(c1ncc(I)s1)c1nc2c(s1)CCC2. The van der Waals surface area contributed by atoms with E-state index in [0.717, 1.165) is 18.0 Å². The van der Waals surface area contributed by atoms with Crippen molar-refractivity contribution >= 4 is 45.3 Å². The largest absolute Gasteiger partial charge is 0.303 e. The van der Waals surface area contributed by atoms with Crippen molar-refractivity contribution in [3.63, 3.8) is 0 Å². The second-order valence-corrected chi connectivity index (χ2v) is 8.34. The highest BCUT2D eigenvalue weighted by atomic mass is 127. The topological polar surface area (TPSA) is 37.8 Å².